The molecule has 0 radical (unpaired) electrons. The van der Waals surface area contributed by atoms with Gasteiger partial charge in [-0.15, -0.1) is 0 Å². The fourth-order valence-corrected chi connectivity index (χ4v) is 2.91. The lowest BCUT2D eigenvalue weighted by molar-refractivity contribution is 0.434. The van der Waals surface area contributed by atoms with Crippen molar-refractivity contribution in [3.63, 3.8) is 0 Å². The largest absolute Gasteiger partial charge is 0.314 e. The summed E-state index contributed by atoms with van der Waals surface area (Å²) in [6.07, 6.45) is 8.92. The van der Waals surface area contributed by atoms with Crippen LogP contribution in [0.3, 0.4) is 0 Å². The molecule has 0 aromatic carbocycles. The molecule has 1 aromatic rings. The van der Waals surface area contributed by atoms with Crippen LogP contribution in [0.25, 0.3) is 0 Å². The minimum absolute atomic E-state index is 0.701. The monoisotopic (exact) mass is 219 g/mol. The Morgan fingerprint density at radius 3 is 2.94 bits per heavy atom. The number of aromatic nitrogens is 2. The van der Waals surface area contributed by atoms with Crippen molar-refractivity contribution in [3.05, 3.63) is 18.0 Å². The molecular weight excluding hydrogens is 198 g/mol. The molecule has 3 rings (SSSR count). The highest BCUT2D eigenvalue weighted by Crippen LogP contribution is 2.38. The lowest BCUT2D eigenvalue weighted by Gasteiger charge is -2.18. The summed E-state index contributed by atoms with van der Waals surface area (Å²) in [6, 6.07) is 3.03. The fraction of sp³-hybridized carbons (Fsp3) is 0.769. The van der Waals surface area contributed by atoms with E-state index in [1.807, 2.05) is 11.7 Å². The first-order valence-corrected chi connectivity index (χ1v) is 6.56. The zero-order valence-corrected chi connectivity index (χ0v) is 10.0. The molecule has 2 atom stereocenters. The zero-order valence-electron chi connectivity index (χ0n) is 10.0. The van der Waals surface area contributed by atoms with Crippen molar-refractivity contribution in [2.24, 2.45) is 13.0 Å². The Labute approximate surface area is 97.2 Å². The van der Waals surface area contributed by atoms with Gasteiger partial charge in [-0.2, -0.15) is 5.10 Å². The Morgan fingerprint density at radius 2 is 2.25 bits per heavy atom. The summed E-state index contributed by atoms with van der Waals surface area (Å²) in [5.41, 5.74) is 1.31. The summed E-state index contributed by atoms with van der Waals surface area (Å²) in [4.78, 5) is 0. The minimum atomic E-state index is 0.701. The smallest absolute Gasteiger partial charge is 0.0658 e. The minimum Gasteiger partial charge on any atom is -0.314 e. The molecule has 88 valence electrons. The van der Waals surface area contributed by atoms with Crippen molar-refractivity contribution < 1.29 is 0 Å². The van der Waals surface area contributed by atoms with Crippen LogP contribution in [-0.4, -0.2) is 22.4 Å². The van der Waals surface area contributed by atoms with Crippen molar-refractivity contribution in [3.8, 4) is 0 Å². The third-order valence-electron chi connectivity index (χ3n) is 4.02. The summed E-state index contributed by atoms with van der Waals surface area (Å²) in [7, 11) is 2.01. The molecule has 0 saturated heterocycles. The van der Waals surface area contributed by atoms with Crippen LogP contribution in [0, 0.1) is 5.92 Å². The highest BCUT2D eigenvalue weighted by molar-refractivity contribution is 5.10. The first kappa shape index (κ1) is 10.3. The van der Waals surface area contributed by atoms with Crippen LogP contribution in [0.5, 0.6) is 0 Å². The maximum absolute atomic E-state index is 4.57. The lowest BCUT2D eigenvalue weighted by atomic mass is 9.93. The highest BCUT2D eigenvalue weighted by atomic mass is 15.2. The molecule has 1 aromatic heterocycles. The van der Waals surface area contributed by atoms with Gasteiger partial charge in [0.05, 0.1) is 5.69 Å². The van der Waals surface area contributed by atoms with E-state index in [2.05, 4.69) is 22.7 Å². The highest BCUT2D eigenvalue weighted by Gasteiger charge is 2.31. The van der Waals surface area contributed by atoms with E-state index in [-0.39, 0.29) is 0 Å². The Bertz CT molecular complexity index is 354. The van der Waals surface area contributed by atoms with Gasteiger partial charge in [0.2, 0.25) is 0 Å². The molecule has 1 N–H and O–H groups in total. The predicted octanol–water partition coefficient (Wildman–Crippen LogP) is 2.06. The second-order valence-corrected chi connectivity index (χ2v) is 5.39. The van der Waals surface area contributed by atoms with E-state index < -0.39 is 0 Å². The predicted molar refractivity (Wildman–Crippen MR) is 64.3 cm³/mol. The van der Waals surface area contributed by atoms with E-state index in [9.17, 15) is 0 Å². The summed E-state index contributed by atoms with van der Waals surface area (Å²) in [5, 5.41) is 8.25. The standard InChI is InChI=1S/C13H21N3/c1-16-8-7-13(15-16)12-4-2-3-10(12)9-14-11-5-6-11/h7-8,10-12,14H,2-6,9H2,1H3. The third-order valence-corrected chi connectivity index (χ3v) is 4.02. The molecule has 0 bridgehead atoms. The van der Waals surface area contributed by atoms with Crippen molar-refractivity contribution in [2.75, 3.05) is 6.54 Å². The Hall–Kier alpha value is -0.830. The number of rotatable bonds is 4. The molecular formula is C13H21N3. The first-order valence-electron chi connectivity index (χ1n) is 6.56. The van der Waals surface area contributed by atoms with Gasteiger partial charge in [-0.1, -0.05) is 6.42 Å². The number of aryl methyl sites for hydroxylation is 1. The number of hydrogen-bond donors (Lipinski definition) is 1. The topological polar surface area (TPSA) is 29.9 Å². The number of hydrogen-bond acceptors (Lipinski definition) is 2. The molecule has 0 aliphatic heterocycles. The molecule has 2 fully saturated rings. The lowest BCUT2D eigenvalue weighted by Crippen LogP contribution is -2.26. The normalized spacial score (nSPS) is 29.8. The van der Waals surface area contributed by atoms with Gasteiger partial charge >= 0.3 is 0 Å². The molecule has 1 heterocycles. The number of nitrogens with one attached hydrogen (secondary N) is 1. The van der Waals surface area contributed by atoms with Crippen LogP contribution in [0.4, 0.5) is 0 Å². The Balaban J connectivity index is 1.63. The van der Waals surface area contributed by atoms with Crippen LogP contribution in [0.15, 0.2) is 12.3 Å². The van der Waals surface area contributed by atoms with Gasteiger partial charge in [0.15, 0.2) is 0 Å². The SMILES string of the molecule is Cn1ccc(C2CCCC2CNC2CC2)n1. The first-order chi connectivity index (χ1) is 7.83. The third kappa shape index (κ3) is 2.14. The van der Waals surface area contributed by atoms with Gasteiger partial charge in [0, 0.05) is 25.2 Å². The Morgan fingerprint density at radius 1 is 1.38 bits per heavy atom. The zero-order chi connectivity index (χ0) is 11.0. The maximum Gasteiger partial charge on any atom is 0.0658 e. The van der Waals surface area contributed by atoms with E-state index in [1.165, 1.54) is 44.3 Å². The molecule has 2 aliphatic rings. The molecule has 0 amide bonds. The van der Waals surface area contributed by atoms with E-state index >= 15 is 0 Å². The van der Waals surface area contributed by atoms with Crippen molar-refractivity contribution >= 4 is 0 Å². The van der Waals surface area contributed by atoms with Crippen molar-refractivity contribution in [2.45, 2.75) is 44.1 Å². The van der Waals surface area contributed by atoms with Crippen LogP contribution in [0.1, 0.15) is 43.7 Å². The van der Waals surface area contributed by atoms with E-state index in [0.717, 1.165) is 12.0 Å². The average Bonchev–Trinajstić information content (AvgIpc) is 2.82. The number of nitrogens with zero attached hydrogens (tertiary/aromatic N) is 2. The molecule has 3 heteroatoms. The van der Waals surface area contributed by atoms with Gasteiger partial charge in [-0.3, -0.25) is 4.68 Å². The summed E-state index contributed by atoms with van der Waals surface area (Å²) < 4.78 is 1.93. The molecule has 2 saturated carbocycles. The average molecular weight is 219 g/mol. The van der Waals surface area contributed by atoms with Gasteiger partial charge in [-0.25, -0.2) is 0 Å². The second-order valence-electron chi connectivity index (χ2n) is 5.39. The van der Waals surface area contributed by atoms with Crippen molar-refractivity contribution in [1.29, 1.82) is 0 Å². The molecule has 3 nitrogen and oxygen atoms in total. The van der Waals surface area contributed by atoms with Gasteiger partial charge in [0.1, 0.15) is 0 Å². The fourth-order valence-electron chi connectivity index (χ4n) is 2.91. The van der Waals surface area contributed by atoms with E-state index in [4.69, 9.17) is 0 Å². The Kier molecular flexibility index (Phi) is 2.72. The van der Waals surface area contributed by atoms with Crippen LogP contribution in [-0.2, 0) is 7.05 Å². The van der Waals surface area contributed by atoms with Crippen LogP contribution in [0.2, 0.25) is 0 Å². The molecule has 2 unspecified atom stereocenters. The van der Waals surface area contributed by atoms with Gasteiger partial charge in [-0.05, 0) is 44.2 Å². The summed E-state index contributed by atoms with van der Waals surface area (Å²) in [6.45, 7) is 1.20. The van der Waals surface area contributed by atoms with E-state index in [0.29, 0.717) is 5.92 Å². The summed E-state index contributed by atoms with van der Waals surface area (Å²) in [5.74, 6) is 1.52. The summed E-state index contributed by atoms with van der Waals surface area (Å²) >= 11 is 0. The molecule has 2 aliphatic carbocycles. The maximum atomic E-state index is 4.57. The van der Waals surface area contributed by atoms with Gasteiger partial charge < -0.3 is 5.32 Å². The van der Waals surface area contributed by atoms with Crippen LogP contribution < -0.4 is 5.32 Å². The van der Waals surface area contributed by atoms with Crippen LogP contribution >= 0.6 is 0 Å². The van der Waals surface area contributed by atoms with Gasteiger partial charge in [0.25, 0.3) is 0 Å². The second kappa shape index (κ2) is 4.21. The molecule has 16 heavy (non-hydrogen) atoms. The molecule has 0 spiro atoms. The van der Waals surface area contributed by atoms with E-state index in [1.54, 1.807) is 0 Å². The quantitative estimate of drug-likeness (QED) is 0.840. The van der Waals surface area contributed by atoms with Crippen molar-refractivity contribution in [1.82, 2.24) is 15.1 Å².